The van der Waals surface area contributed by atoms with Crippen molar-refractivity contribution in [1.82, 2.24) is 0 Å². The Hall–Kier alpha value is -0.330. The molecule has 0 heterocycles. The SMILES string of the molecule is [CH2]C(=O)CCCC(C)(C)C. The minimum absolute atomic E-state index is 0.0595. The maximum Gasteiger partial charge on any atom is 0.133 e. The van der Waals surface area contributed by atoms with Crippen LogP contribution in [0.5, 0.6) is 0 Å². The number of Topliss-reactive ketones (excluding diaryl/α,β-unsaturated/α-hetero) is 1. The number of rotatable bonds is 3. The summed E-state index contributed by atoms with van der Waals surface area (Å²) < 4.78 is 0. The van der Waals surface area contributed by atoms with E-state index in [0.29, 0.717) is 11.8 Å². The molecule has 59 valence electrons. The van der Waals surface area contributed by atoms with Crippen LogP contribution in [-0.4, -0.2) is 5.78 Å². The molecule has 0 N–H and O–H groups in total. The molecule has 0 aromatic carbocycles. The van der Waals surface area contributed by atoms with E-state index in [9.17, 15) is 4.79 Å². The molecule has 1 nitrogen and oxygen atoms in total. The summed E-state index contributed by atoms with van der Waals surface area (Å²) in [5.74, 6) is 0.0595. The van der Waals surface area contributed by atoms with Crippen LogP contribution in [0.2, 0.25) is 0 Å². The van der Waals surface area contributed by atoms with Crippen molar-refractivity contribution < 1.29 is 4.79 Å². The molecule has 0 saturated carbocycles. The zero-order valence-electron chi connectivity index (χ0n) is 7.24. The van der Waals surface area contributed by atoms with Crippen molar-refractivity contribution in [3.8, 4) is 0 Å². The van der Waals surface area contributed by atoms with Crippen LogP contribution in [0.15, 0.2) is 0 Å². The third kappa shape index (κ3) is 7.67. The van der Waals surface area contributed by atoms with Crippen LogP contribution in [0, 0.1) is 12.3 Å². The average molecular weight is 141 g/mol. The van der Waals surface area contributed by atoms with E-state index in [1.54, 1.807) is 0 Å². The van der Waals surface area contributed by atoms with Gasteiger partial charge in [0.05, 0.1) is 0 Å². The summed E-state index contributed by atoms with van der Waals surface area (Å²) in [5.41, 5.74) is 0.357. The van der Waals surface area contributed by atoms with Crippen LogP contribution in [0.25, 0.3) is 0 Å². The van der Waals surface area contributed by atoms with Gasteiger partial charge in [-0.05, 0) is 18.3 Å². The molecule has 0 aliphatic carbocycles. The Morgan fingerprint density at radius 1 is 1.40 bits per heavy atom. The highest BCUT2D eigenvalue weighted by Crippen LogP contribution is 2.21. The number of hydrogen-bond donors (Lipinski definition) is 0. The van der Waals surface area contributed by atoms with Crippen LogP contribution in [0.3, 0.4) is 0 Å². The van der Waals surface area contributed by atoms with Gasteiger partial charge >= 0.3 is 0 Å². The number of carbonyl (C=O) groups excluding carboxylic acids is 1. The Balaban J connectivity index is 3.29. The summed E-state index contributed by atoms with van der Waals surface area (Å²) in [7, 11) is 0. The summed E-state index contributed by atoms with van der Waals surface area (Å²) in [4.78, 5) is 10.4. The van der Waals surface area contributed by atoms with Crippen molar-refractivity contribution in [1.29, 1.82) is 0 Å². The fraction of sp³-hybridized carbons (Fsp3) is 0.778. The van der Waals surface area contributed by atoms with E-state index in [-0.39, 0.29) is 5.78 Å². The van der Waals surface area contributed by atoms with Gasteiger partial charge in [0.1, 0.15) is 5.78 Å². The lowest BCUT2D eigenvalue weighted by molar-refractivity contribution is -0.115. The van der Waals surface area contributed by atoms with Gasteiger partial charge in [-0.1, -0.05) is 20.8 Å². The standard InChI is InChI=1S/C9H17O/c1-8(10)6-5-7-9(2,3)4/h1,5-7H2,2-4H3. The minimum Gasteiger partial charge on any atom is -0.300 e. The first-order valence-electron chi connectivity index (χ1n) is 3.76. The molecule has 0 aromatic heterocycles. The van der Waals surface area contributed by atoms with Crippen LogP contribution in [-0.2, 0) is 4.79 Å². The van der Waals surface area contributed by atoms with E-state index in [4.69, 9.17) is 0 Å². The second-order valence-electron chi connectivity index (χ2n) is 3.95. The molecular weight excluding hydrogens is 124 g/mol. The first-order chi connectivity index (χ1) is 4.42. The zero-order chi connectivity index (χ0) is 8.20. The van der Waals surface area contributed by atoms with Gasteiger partial charge in [-0.2, -0.15) is 0 Å². The first-order valence-corrected chi connectivity index (χ1v) is 3.76. The third-order valence-electron chi connectivity index (χ3n) is 1.38. The maximum absolute atomic E-state index is 10.4. The Morgan fingerprint density at radius 2 is 1.90 bits per heavy atom. The molecule has 0 bridgehead atoms. The second kappa shape index (κ2) is 3.75. The van der Waals surface area contributed by atoms with Gasteiger partial charge in [-0.25, -0.2) is 0 Å². The molecule has 1 radical (unpaired) electrons. The van der Waals surface area contributed by atoms with Crippen LogP contribution in [0.1, 0.15) is 40.0 Å². The molecule has 0 amide bonds. The van der Waals surface area contributed by atoms with E-state index >= 15 is 0 Å². The minimum atomic E-state index is 0.0595. The van der Waals surface area contributed by atoms with Gasteiger partial charge < -0.3 is 0 Å². The van der Waals surface area contributed by atoms with E-state index in [2.05, 4.69) is 27.7 Å². The lowest BCUT2D eigenvalue weighted by Crippen LogP contribution is -2.05. The topological polar surface area (TPSA) is 17.1 Å². The molecule has 10 heavy (non-hydrogen) atoms. The monoisotopic (exact) mass is 141 g/mol. The summed E-state index contributed by atoms with van der Waals surface area (Å²) >= 11 is 0. The first kappa shape index (κ1) is 9.67. The number of ketones is 1. The van der Waals surface area contributed by atoms with E-state index in [0.717, 1.165) is 12.8 Å². The largest absolute Gasteiger partial charge is 0.300 e. The molecule has 0 aliphatic rings. The van der Waals surface area contributed by atoms with Crippen molar-refractivity contribution in [2.75, 3.05) is 0 Å². The zero-order valence-corrected chi connectivity index (χ0v) is 7.24. The van der Waals surface area contributed by atoms with Crippen molar-refractivity contribution in [3.05, 3.63) is 6.92 Å². The average Bonchev–Trinajstić information content (AvgIpc) is 1.59. The lowest BCUT2D eigenvalue weighted by Gasteiger charge is -2.16. The maximum atomic E-state index is 10.4. The Bertz CT molecular complexity index is 108. The highest BCUT2D eigenvalue weighted by molar-refractivity contribution is 5.82. The van der Waals surface area contributed by atoms with Gasteiger partial charge in [0.15, 0.2) is 0 Å². The van der Waals surface area contributed by atoms with Gasteiger partial charge in [-0.15, -0.1) is 0 Å². The van der Waals surface area contributed by atoms with Gasteiger partial charge in [0.25, 0.3) is 0 Å². The summed E-state index contributed by atoms with van der Waals surface area (Å²) in [6, 6.07) is 0. The highest BCUT2D eigenvalue weighted by atomic mass is 16.1. The van der Waals surface area contributed by atoms with E-state index in [1.807, 2.05) is 0 Å². The molecule has 0 fully saturated rings. The molecule has 0 rings (SSSR count). The fourth-order valence-electron chi connectivity index (χ4n) is 0.816. The van der Waals surface area contributed by atoms with Crippen molar-refractivity contribution in [2.24, 2.45) is 5.41 Å². The molecule has 0 aromatic rings. The Kier molecular flexibility index (Phi) is 3.62. The van der Waals surface area contributed by atoms with E-state index in [1.165, 1.54) is 0 Å². The molecule has 0 unspecified atom stereocenters. The predicted molar refractivity (Wildman–Crippen MR) is 43.7 cm³/mol. The molecule has 0 atom stereocenters. The normalized spacial score (nSPS) is 11.6. The predicted octanol–water partition coefficient (Wildman–Crippen LogP) is 2.61. The van der Waals surface area contributed by atoms with Crippen LogP contribution in [0.4, 0.5) is 0 Å². The summed E-state index contributed by atoms with van der Waals surface area (Å²) in [6.07, 6.45) is 2.72. The number of carbonyl (C=O) groups is 1. The second-order valence-corrected chi connectivity index (χ2v) is 3.95. The van der Waals surface area contributed by atoms with Crippen molar-refractivity contribution >= 4 is 5.78 Å². The quantitative estimate of drug-likeness (QED) is 0.590. The van der Waals surface area contributed by atoms with Crippen LogP contribution < -0.4 is 0 Å². The van der Waals surface area contributed by atoms with Crippen molar-refractivity contribution in [3.63, 3.8) is 0 Å². The summed E-state index contributed by atoms with van der Waals surface area (Å²) in [5, 5.41) is 0. The molecular formula is C9H17O. The Morgan fingerprint density at radius 3 is 2.20 bits per heavy atom. The Labute approximate surface area is 63.8 Å². The number of hydrogen-bond acceptors (Lipinski definition) is 1. The molecule has 1 heteroatoms. The molecule has 0 saturated heterocycles. The van der Waals surface area contributed by atoms with Gasteiger partial charge in [0, 0.05) is 13.3 Å². The summed E-state index contributed by atoms with van der Waals surface area (Å²) in [6.45, 7) is 9.86. The smallest absolute Gasteiger partial charge is 0.133 e. The fourth-order valence-corrected chi connectivity index (χ4v) is 0.816. The van der Waals surface area contributed by atoms with Crippen LogP contribution >= 0.6 is 0 Å². The van der Waals surface area contributed by atoms with E-state index < -0.39 is 0 Å². The lowest BCUT2D eigenvalue weighted by atomic mass is 9.89. The molecule has 0 spiro atoms. The highest BCUT2D eigenvalue weighted by Gasteiger charge is 2.09. The molecule has 0 aliphatic heterocycles. The third-order valence-corrected chi connectivity index (χ3v) is 1.38. The van der Waals surface area contributed by atoms with Gasteiger partial charge in [0.2, 0.25) is 0 Å². The van der Waals surface area contributed by atoms with Crippen molar-refractivity contribution in [2.45, 2.75) is 40.0 Å². The van der Waals surface area contributed by atoms with Gasteiger partial charge in [-0.3, -0.25) is 4.79 Å².